The van der Waals surface area contributed by atoms with Crippen molar-refractivity contribution < 1.29 is 14.3 Å². The Morgan fingerprint density at radius 3 is 1.59 bits per heavy atom. The molecule has 0 spiro atoms. The van der Waals surface area contributed by atoms with Crippen LogP contribution in [-0.2, 0) is 19.3 Å². The van der Waals surface area contributed by atoms with Crippen molar-refractivity contribution in [2.75, 3.05) is 11.5 Å². The molecule has 3 aromatic rings. The molecule has 2 atom stereocenters. The van der Waals surface area contributed by atoms with Crippen LogP contribution < -0.4 is 9.64 Å². The average Bonchev–Trinajstić information content (AvgIpc) is 3.09. The van der Waals surface area contributed by atoms with Crippen LogP contribution in [0.15, 0.2) is 72.8 Å². The van der Waals surface area contributed by atoms with Crippen molar-refractivity contribution >= 4 is 40.7 Å². The number of carbonyl (C=O) groups excluding carboxylic acids is 2. The number of rotatable bonds is 3. The van der Waals surface area contributed by atoms with Crippen LogP contribution >= 0.6 is 23.2 Å². The highest BCUT2D eigenvalue weighted by Crippen LogP contribution is 2.69. The van der Waals surface area contributed by atoms with Gasteiger partial charge in [0.15, 0.2) is 0 Å². The Labute approximate surface area is 195 Å². The molecule has 160 valence electrons. The molecule has 4 nitrogen and oxygen atoms in total. The minimum atomic E-state index is -1.18. The molecule has 3 aliphatic carbocycles. The maximum absolute atomic E-state index is 14.0. The highest BCUT2D eigenvalue weighted by atomic mass is 35.5. The number of para-hydroxylation sites is 2. The van der Waals surface area contributed by atoms with Crippen molar-refractivity contribution in [3.8, 4) is 5.75 Å². The lowest BCUT2D eigenvalue weighted by Crippen LogP contribution is -2.57. The lowest BCUT2D eigenvalue weighted by molar-refractivity contribution is -0.122. The lowest BCUT2D eigenvalue weighted by Gasteiger charge is -2.54. The van der Waals surface area contributed by atoms with E-state index in [2.05, 4.69) is 0 Å². The number of hydrogen-bond donors (Lipinski definition) is 0. The van der Waals surface area contributed by atoms with E-state index in [-0.39, 0.29) is 11.8 Å². The predicted molar refractivity (Wildman–Crippen MR) is 123 cm³/mol. The summed E-state index contributed by atoms with van der Waals surface area (Å²) in [6.45, 7) is 2.27. The van der Waals surface area contributed by atoms with E-state index in [1.807, 2.05) is 61.5 Å². The smallest absolute Gasteiger partial charge is 0.240 e. The van der Waals surface area contributed by atoms with Crippen LogP contribution in [0.2, 0.25) is 0 Å². The molecule has 0 radical (unpaired) electrons. The highest BCUT2D eigenvalue weighted by Gasteiger charge is 2.73. The summed E-state index contributed by atoms with van der Waals surface area (Å²) >= 11 is 14.9. The Morgan fingerprint density at radius 1 is 0.750 bits per heavy atom. The van der Waals surface area contributed by atoms with Gasteiger partial charge in [-0.3, -0.25) is 9.59 Å². The van der Waals surface area contributed by atoms with Crippen molar-refractivity contribution in [1.29, 1.82) is 0 Å². The van der Waals surface area contributed by atoms with Gasteiger partial charge in [0, 0.05) is 0 Å². The Balaban J connectivity index is 1.63. The first-order valence-electron chi connectivity index (χ1n) is 10.6. The number of amides is 2. The summed E-state index contributed by atoms with van der Waals surface area (Å²) in [5.74, 6) is -1.88. The Kier molecular flexibility index (Phi) is 4.09. The van der Waals surface area contributed by atoms with E-state index in [1.165, 1.54) is 4.90 Å². The van der Waals surface area contributed by atoms with E-state index in [0.29, 0.717) is 18.0 Å². The number of anilines is 1. The maximum Gasteiger partial charge on any atom is 0.240 e. The summed E-state index contributed by atoms with van der Waals surface area (Å²) in [4.78, 5) is 26.8. The second-order valence-corrected chi connectivity index (χ2v) is 9.58. The summed E-state index contributed by atoms with van der Waals surface area (Å²) < 4.78 is 5.73. The van der Waals surface area contributed by atoms with E-state index in [4.69, 9.17) is 27.9 Å². The second kappa shape index (κ2) is 6.60. The Morgan fingerprint density at radius 2 is 1.16 bits per heavy atom. The number of ether oxygens (including phenoxy) is 1. The SMILES string of the molecule is CCOc1ccccc1N1C(=O)[C@@H]2[C@H](C1=O)C1(Cl)c3ccccc3C2(Cl)c2ccccc21. The lowest BCUT2D eigenvalue weighted by atomic mass is 9.54. The molecule has 2 bridgehead atoms. The first-order valence-corrected chi connectivity index (χ1v) is 11.4. The van der Waals surface area contributed by atoms with Crippen LogP contribution in [0.4, 0.5) is 5.69 Å². The summed E-state index contributed by atoms with van der Waals surface area (Å²) in [6.07, 6.45) is 0. The highest BCUT2D eigenvalue weighted by molar-refractivity contribution is 6.38. The van der Waals surface area contributed by atoms with Gasteiger partial charge in [0.05, 0.1) is 24.1 Å². The van der Waals surface area contributed by atoms with Gasteiger partial charge >= 0.3 is 0 Å². The molecule has 0 saturated carbocycles. The second-order valence-electron chi connectivity index (χ2n) is 8.38. The molecule has 3 aromatic carbocycles. The van der Waals surface area contributed by atoms with Crippen LogP contribution in [-0.4, -0.2) is 18.4 Å². The zero-order valence-corrected chi connectivity index (χ0v) is 18.7. The molecule has 6 heteroatoms. The molecular formula is C26H19Cl2NO3. The van der Waals surface area contributed by atoms with Gasteiger partial charge in [-0.25, -0.2) is 4.90 Å². The third-order valence-corrected chi connectivity index (χ3v) is 8.28. The van der Waals surface area contributed by atoms with E-state index >= 15 is 0 Å². The van der Waals surface area contributed by atoms with Crippen molar-refractivity contribution in [3.63, 3.8) is 0 Å². The normalized spacial score (nSPS) is 29.5. The van der Waals surface area contributed by atoms with Crippen LogP contribution in [0.5, 0.6) is 5.75 Å². The Bertz CT molecular complexity index is 1180. The van der Waals surface area contributed by atoms with Crippen LogP contribution in [0.25, 0.3) is 0 Å². The van der Waals surface area contributed by atoms with Gasteiger partial charge < -0.3 is 4.74 Å². The van der Waals surface area contributed by atoms with E-state index in [1.54, 1.807) is 18.2 Å². The molecule has 1 heterocycles. The van der Waals surface area contributed by atoms with Crippen molar-refractivity contribution in [2.45, 2.75) is 16.7 Å². The van der Waals surface area contributed by atoms with Crippen molar-refractivity contribution in [2.24, 2.45) is 11.8 Å². The zero-order valence-electron chi connectivity index (χ0n) is 17.2. The quantitative estimate of drug-likeness (QED) is 0.396. The van der Waals surface area contributed by atoms with E-state index in [9.17, 15) is 9.59 Å². The Hall–Kier alpha value is -2.82. The van der Waals surface area contributed by atoms with Gasteiger partial charge in [0.1, 0.15) is 15.5 Å². The summed E-state index contributed by atoms with van der Waals surface area (Å²) in [5, 5.41) is 0. The molecule has 0 unspecified atom stereocenters. The fraction of sp³-hybridized carbons (Fsp3) is 0.231. The average molecular weight is 464 g/mol. The standard InChI is InChI=1S/C26H19Cl2NO3/c1-2-32-20-14-8-7-13-19(20)29-23(30)21-22(24(29)31)26(28)16-10-4-3-9-15(16)25(21,27)17-11-5-6-12-18(17)26/h3-14,21-22H,2H2,1H3/t21-,22+,25?,26?. The van der Waals surface area contributed by atoms with Crippen LogP contribution in [0.3, 0.4) is 0 Å². The summed E-state index contributed by atoms with van der Waals surface area (Å²) in [5.41, 5.74) is 3.58. The summed E-state index contributed by atoms with van der Waals surface area (Å²) in [7, 11) is 0. The third-order valence-electron chi connectivity index (χ3n) is 6.99. The van der Waals surface area contributed by atoms with Crippen molar-refractivity contribution in [3.05, 3.63) is 95.1 Å². The number of halogens is 2. The minimum Gasteiger partial charge on any atom is -0.492 e. The molecule has 1 saturated heterocycles. The van der Waals surface area contributed by atoms with Crippen LogP contribution in [0.1, 0.15) is 29.2 Å². The predicted octanol–water partition coefficient (Wildman–Crippen LogP) is 5.18. The van der Waals surface area contributed by atoms with Gasteiger partial charge in [0.2, 0.25) is 11.8 Å². The molecule has 1 fully saturated rings. The molecule has 0 aromatic heterocycles. The topological polar surface area (TPSA) is 46.6 Å². The molecule has 0 N–H and O–H groups in total. The molecule has 32 heavy (non-hydrogen) atoms. The molecule has 4 aliphatic rings. The first-order chi connectivity index (χ1) is 15.5. The molecule has 1 aliphatic heterocycles. The fourth-order valence-corrected chi connectivity index (χ4v) is 6.92. The number of carbonyl (C=O) groups is 2. The molecule has 2 amide bonds. The largest absolute Gasteiger partial charge is 0.492 e. The maximum atomic E-state index is 14.0. The van der Waals surface area contributed by atoms with Gasteiger partial charge in [-0.05, 0) is 41.3 Å². The number of imide groups is 1. The first kappa shape index (κ1) is 19.8. The molecule has 7 rings (SSSR count). The third kappa shape index (κ3) is 2.15. The number of nitrogens with zero attached hydrogens (tertiary/aromatic N) is 1. The fourth-order valence-electron chi connectivity index (χ4n) is 5.82. The van der Waals surface area contributed by atoms with Gasteiger partial charge in [0.25, 0.3) is 0 Å². The van der Waals surface area contributed by atoms with Crippen molar-refractivity contribution in [1.82, 2.24) is 0 Å². The van der Waals surface area contributed by atoms with Crippen LogP contribution in [0, 0.1) is 11.8 Å². The number of alkyl halides is 2. The van der Waals surface area contributed by atoms with Gasteiger partial charge in [-0.15, -0.1) is 23.2 Å². The van der Waals surface area contributed by atoms with E-state index in [0.717, 1.165) is 22.3 Å². The van der Waals surface area contributed by atoms with Gasteiger partial charge in [-0.2, -0.15) is 0 Å². The minimum absolute atomic E-state index is 0.351. The summed E-state index contributed by atoms with van der Waals surface area (Å²) in [6, 6.07) is 22.3. The zero-order chi connectivity index (χ0) is 22.3. The number of hydrogen-bond acceptors (Lipinski definition) is 3. The van der Waals surface area contributed by atoms with Gasteiger partial charge in [-0.1, -0.05) is 60.7 Å². The number of benzene rings is 3. The van der Waals surface area contributed by atoms with E-state index < -0.39 is 21.6 Å². The molecular weight excluding hydrogens is 445 g/mol. The monoisotopic (exact) mass is 463 g/mol.